The van der Waals surface area contributed by atoms with Crippen LogP contribution in [0.1, 0.15) is 130 Å². The van der Waals surface area contributed by atoms with Crippen molar-refractivity contribution in [2.45, 2.75) is 188 Å². The number of fused-ring (bicyclic) bond motifs is 1. The van der Waals surface area contributed by atoms with Crippen LogP contribution in [0.4, 0.5) is 13.2 Å². The Balaban J connectivity index is 1.82. The number of hydrogen-bond acceptors (Lipinski definition) is 11. The molecule has 2 heterocycles. The van der Waals surface area contributed by atoms with Crippen LogP contribution in [0.25, 0.3) is 0 Å². The molecule has 2 fully saturated rings. The first-order valence-corrected chi connectivity index (χ1v) is 31.1. The zero-order chi connectivity index (χ0) is 68.2. The summed E-state index contributed by atoms with van der Waals surface area (Å²) in [5.74, 6) is -8.33. The van der Waals surface area contributed by atoms with E-state index >= 15 is 0 Å². The summed E-state index contributed by atoms with van der Waals surface area (Å²) in [4.78, 5) is 167. The van der Waals surface area contributed by atoms with Crippen LogP contribution in [-0.4, -0.2) is 215 Å². The number of nitrogens with zero attached hydrogens (tertiary/aromatic N) is 7. The molecule has 2 aliphatic heterocycles. The average Bonchev–Trinajstić information content (AvgIpc) is 0.858. The molecule has 26 heteroatoms. The van der Waals surface area contributed by atoms with E-state index in [1.807, 2.05) is 39.8 Å². The monoisotopic (exact) mass is 1290 g/mol. The highest BCUT2D eigenvalue weighted by atomic mass is 35.5. The van der Waals surface area contributed by atoms with E-state index in [0.29, 0.717) is 12.0 Å². The fourth-order valence-corrected chi connectivity index (χ4v) is 10.9. The summed E-state index contributed by atoms with van der Waals surface area (Å²) in [7, 11) is 8.36. The van der Waals surface area contributed by atoms with E-state index < -0.39 is 155 Å². The third-order valence-corrected chi connectivity index (χ3v) is 17.8. The molecule has 2 aliphatic rings. The molecule has 11 amide bonds. The van der Waals surface area contributed by atoms with Crippen molar-refractivity contribution in [2.75, 3.05) is 61.9 Å². The SMILES string of the molecule is CCC(C)[C@@H]1NC(=O)[C@H](C)N(C)C(=O)C[C@@H](C)N(C)C(=O)[C@H](CC(C)C)NC(=O)C(C)(C)N(C)C(=O)[C@H](CC(C)C)NC(=O)[C@H](CCc2ccc(C(F)(F)F)c(Cl)c2)NC(=O)CN(C)C(=O)[C@H](Cc2ccc(C)cc2)N(C)C(=O)[C@@H]2CCN2C(=O)CN(C)C1=O. The molecule has 1 unspecified atom stereocenters. The molecular weight excluding hydrogens is 1190 g/mol. The molecule has 500 valence electrons. The number of carbonyl (C=O) groups is 11. The maximum absolute atomic E-state index is 14.8. The van der Waals surface area contributed by atoms with Gasteiger partial charge in [-0.25, -0.2) is 0 Å². The number of nitrogens with one attached hydrogen (secondary N) is 4. The number of halogens is 4. The quantitative estimate of drug-likeness (QED) is 0.242. The highest BCUT2D eigenvalue weighted by Gasteiger charge is 2.45. The third-order valence-electron chi connectivity index (χ3n) is 17.5. The van der Waals surface area contributed by atoms with E-state index in [0.717, 1.165) is 32.4 Å². The summed E-state index contributed by atoms with van der Waals surface area (Å²) in [5, 5.41) is 10.4. The van der Waals surface area contributed by atoms with Crippen molar-refractivity contribution in [2.24, 2.45) is 17.8 Å². The second-order valence-electron chi connectivity index (χ2n) is 25.8. The molecule has 22 nitrogen and oxygen atoms in total. The molecule has 2 aromatic carbocycles. The molecule has 0 saturated carbocycles. The number of alkyl halides is 3. The topological polar surface area (TPSA) is 259 Å². The smallest absolute Gasteiger partial charge is 0.343 e. The molecule has 4 N–H and O–H groups in total. The van der Waals surface area contributed by atoms with Gasteiger partial charge in [-0.1, -0.05) is 95.5 Å². The predicted octanol–water partition coefficient (Wildman–Crippen LogP) is 4.60. The molecule has 0 aliphatic carbocycles. The summed E-state index contributed by atoms with van der Waals surface area (Å²) < 4.78 is 41.2. The van der Waals surface area contributed by atoms with Crippen LogP contribution >= 0.6 is 11.6 Å². The van der Waals surface area contributed by atoms with Crippen molar-refractivity contribution in [1.82, 2.24) is 55.6 Å². The average molecular weight is 1290 g/mol. The van der Waals surface area contributed by atoms with Crippen molar-refractivity contribution in [1.29, 1.82) is 0 Å². The number of hydrogen-bond donors (Lipinski definition) is 4. The van der Waals surface area contributed by atoms with Gasteiger partial charge in [-0.15, -0.1) is 0 Å². The van der Waals surface area contributed by atoms with Gasteiger partial charge in [-0.2, -0.15) is 13.2 Å². The summed E-state index contributed by atoms with van der Waals surface area (Å²) in [6, 6.07) is 0.931. The molecule has 90 heavy (non-hydrogen) atoms. The van der Waals surface area contributed by atoms with Crippen molar-refractivity contribution >= 4 is 76.6 Å². The number of amides is 11. The van der Waals surface area contributed by atoms with Gasteiger partial charge in [0.05, 0.1) is 23.7 Å². The Labute approximate surface area is 533 Å². The Bertz CT molecular complexity index is 2950. The maximum Gasteiger partial charge on any atom is 0.417 e. The van der Waals surface area contributed by atoms with Gasteiger partial charge in [0.25, 0.3) is 0 Å². The molecule has 0 spiro atoms. The van der Waals surface area contributed by atoms with Gasteiger partial charge in [-0.05, 0) is 108 Å². The molecule has 0 bridgehead atoms. The van der Waals surface area contributed by atoms with Crippen LogP contribution < -0.4 is 21.3 Å². The van der Waals surface area contributed by atoms with E-state index in [9.17, 15) is 65.9 Å². The van der Waals surface area contributed by atoms with Gasteiger partial charge >= 0.3 is 6.18 Å². The summed E-state index contributed by atoms with van der Waals surface area (Å²) in [6.45, 7) is 17.7. The minimum Gasteiger partial charge on any atom is -0.343 e. The Morgan fingerprint density at radius 1 is 0.644 bits per heavy atom. The molecule has 9 atom stereocenters. The molecule has 2 aromatic rings. The summed E-state index contributed by atoms with van der Waals surface area (Å²) in [6.07, 6.45) is -4.62. The van der Waals surface area contributed by atoms with Crippen molar-refractivity contribution in [3.8, 4) is 0 Å². The third kappa shape index (κ3) is 19.6. The van der Waals surface area contributed by atoms with Crippen LogP contribution in [-0.2, 0) is 71.8 Å². The van der Waals surface area contributed by atoms with Gasteiger partial charge in [0.2, 0.25) is 65.0 Å². The molecular formula is C64H95ClF3N11O11. The van der Waals surface area contributed by atoms with Crippen molar-refractivity contribution in [3.63, 3.8) is 0 Å². The van der Waals surface area contributed by atoms with E-state index in [-0.39, 0.29) is 68.9 Å². The molecule has 0 radical (unpaired) electrons. The highest BCUT2D eigenvalue weighted by molar-refractivity contribution is 6.31. The van der Waals surface area contributed by atoms with Crippen molar-refractivity contribution < 1.29 is 65.9 Å². The minimum atomic E-state index is -4.76. The highest BCUT2D eigenvalue weighted by Crippen LogP contribution is 2.35. The Morgan fingerprint density at radius 2 is 1.21 bits per heavy atom. The molecule has 2 saturated heterocycles. The lowest BCUT2D eigenvalue weighted by Gasteiger charge is -2.43. The number of aryl methyl sites for hydroxylation is 2. The van der Waals surface area contributed by atoms with Crippen LogP contribution in [0.2, 0.25) is 5.02 Å². The lowest BCUT2D eigenvalue weighted by Crippen LogP contribution is -2.63. The van der Waals surface area contributed by atoms with E-state index in [4.69, 9.17) is 11.6 Å². The van der Waals surface area contributed by atoms with Gasteiger partial charge < -0.3 is 55.6 Å². The number of likely N-dealkylation sites (N-methyl/N-ethyl adjacent to an activating group) is 6. The van der Waals surface area contributed by atoms with Gasteiger partial charge in [0, 0.05) is 67.7 Å². The zero-order valence-corrected chi connectivity index (χ0v) is 56.1. The van der Waals surface area contributed by atoms with Crippen LogP contribution in [0, 0.1) is 24.7 Å². The normalized spacial score (nSPS) is 25.0. The lowest BCUT2D eigenvalue weighted by atomic mass is 9.95. The second-order valence-corrected chi connectivity index (χ2v) is 26.2. The van der Waals surface area contributed by atoms with Gasteiger partial charge in [0.1, 0.15) is 47.8 Å². The first kappa shape index (κ1) is 75.2. The lowest BCUT2D eigenvalue weighted by molar-refractivity contribution is -0.157. The van der Waals surface area contributed by atoms with E-state index in [2.05, 4.69) is 21.3 Å². The van der Waals surface area contributed by atoms with E-state index in [1.54, 1.807) is 39.8 Å². The van der Waals surface area contributed by atoms with Crippen LogP contribution in [0.3, 0.4) is 0 Å². The second kappa shape index (κ2) is 32.1. The predicted molar refractivity (Wildman–Crippen MR) is 334 cm³/mol. The summed E-state index contributed by atoms with van der Waals surface area (Å²) >= 11 is 6.09. The largest absolute Gasteiger partial charge is 0.417 e. The minimum absolute atomic E-state index is 0.0181. The molecule has 4 rings (SSSR count). The fourth-order valence-electron chi connectivity index (χ4n) is 10.6. The maximum atomic E-state index is 14.8. The number of benzene rings is 2. The number of carbonyl (C=O) groups excluding carboxylic acids is 11. The van der Waals surface area contributed by atoms with E-state index in [1.165, 1.54) is 88.7 Å². The fraction of sp³-hybridized carbons (Fsp3) is 0.641. The Kier molecular flexibility index (Phi) is 26.8. The Hall–Kier alpha value is -7.31. The van der Waals surface area contributed by atoms with Gasteiger partial charge in [-0.3, -0.25) is 52.7 Å². The standard InChI is InChI=1S/C64H95ClF3N11O11/c1-18-39(7)54-61(89)74(13)35-53(82)79-28-27-49(79)60(88)77(16)50(33-43-21-19-38(6)20-22-43)59(87)73(12)34-51(80)69-46(26-24-42-23-25-44(45(65)32-42)64(66,67)68)56(84)70-48(30-37(4)5)58(86)78(17)63(10,11)62(90)71-47(29-36(2)3)57(85)75(14)40(8)31-52(81)76(15)41(9)55(83)72-54/h19-23,25,32,36-37,39-41,46-50,54H,18,24,26-31,33-35H2,1-17H3,(H,69,80)(H,70,84)(H,71,90)(H,72,83)/t39?,40-,41+,46+,47+,48+,49+,50+,54+/m1/s1. The zero-order valence-electron chi connectivity index (χ0n) is 55.3. The van der Waals surface area contributed by atoms with Crippen molar-refractivity contribution in [3.05, 3.63) is 69.7 Å². The first-order chi connectivity index (χ1) is 41.7. The summed E-state index contributed by atoms with van der Waals surface area (Å²) in [5.41, 5.74) is -0.953. The molecule has 0 aromatic heterocycles. The first-order valence-electron chi connectivity index (χ1n) is 30.7. The number of rotatable bonds is 11. The van der Waals surface area contributed by atoms with Gasteiger partial charge in [0.15, 0.2) is 0 Å². The van der Waals surface area contributed by atoms with Crippen LogP contribution in [0.15, 0.2) is 42.5 Å². The van der Waals surface area contributed by atoms with Crippen LogP contribution in [0.5, 0.6) is 0 Å². The Morgan fingerprint density at radius 3 is 1.74 bits per heavy atom.